The average molecular weight is 288 g/mol. The zero-order valence-electron chi connectivity index (χ0n) is 10.8. The zero-order valence-corrected chi connectivity index (χ0v) is 10.8. The Hall–Kier alpha value is -2.72. The van der Waals surface area contributed by atoms with Crippen molar-refractivity contribution in [3.05, 3.63) is 46.8 Å². The standard InChI is InChI=1S/C9H12N4O7/c1-6-7(12(16)17)8(14)10(2)9(15)11(6)4-3-5-20-13(18)19/h3-5H2,1-2H3. The summed E-state index contributed by atoms with van der Waals surface area (Å²) in [6, 6.07) is 0. The number of hydrogen-bond acceptors (Lipinski definition) is 7. The van der Waals surface area contributed by atoms with Gasteiger partial charge in [-0.2, -0.15) is 0 Å². The Balaban J connectivity index is 3.14. The van der Waals surface area contributed by atoms with Gasteiger partial charge in [-0.1, -0.05) is 0 Å². The molecule has 0 saturated heterocycles. The predicted octanol–water partition coefficient (Wildman–Crippen LogP) is -0.638. The molecule has 0 amide bonds. The lowest BCUT2D eigenvalue weighted by molar-refractivity contribution is -0.757. The molecule has 0 N–H and O–H groups in total. The van der Waals surface area contributed by atoms with Crippen LogP contribution in [-0.4, -0.2) is 25.8 Å². The van der Waals surface area contributed by atoms with E-state index >= 15 is 0 Å². The van der Waals surface area contributed by atoms with Gasteiger partial charge in [-0.3, -0.25) is 24.0 Å². The van der Waals surface area contributed by atoms with Crippen LogP contribution in [0.4, 0.5) is 5.69 Å². The van der Waals surface area contributed by atoms with Crippen LogP contribution in [0.5, 0.6) is 0 Å². The summed E-state index contributed by atoms with van der Waals surface area (Å²) in [5.41, 5.74) is -2.50. The molecule has 1 aromatic rings. The van der Waals surface area contributed by atoms with Crippen LogP contribution >= 0.6 is 0 Å². The molecule has 0 unspecified atom stereocenters. The lowest BCUT2D eigenvalue weighted by atomic mass is 10.3. The number of nitro groups is 1. The fourth-order valence-electron chi connectivity index (χ4n) is 1.69. The van der Waals surface area contributed by atoms with Gasteiger partial charge in [-0.05, 0) is 13.3 Å². The van der Waals surface area contributed by atoms with E-state index < -0.39 is 26.9 Å². The van der Waals surface area contributed by atoms with Crippen LogP contribution in [0.1, 0.15) is 12.1 Å². The molecule has 0 aromatic carbocycles. The average Bonchev–Trinajstić information content (AvgIpc) is 2.34. The largest absolute Gasteiger partial charge is 0.353 e. The van der Waals surface area contributed by atoms with Crippen molar-refractivity contribution in [3.63, 3.8) is 0 Å². The highest BCUT2D eigenvalue weighted by atomic mass is 16.9. The molecule has 1 aromatic heterocycles. The molecule has 0 aliphatic heterocycles. The van der Waals surface area contributed by atoms with Gasteiger partial charge in [0, 0.05) is 13.6 Å². The highest BCUT2D eigenvalue weighted by molar-refractivity contribution is 5.31. The molecular formula is C9H12N4O7. The summed E-state index contributed by atoms with van der Waals surface area (Å²) in [5, 5.41) is 19.8. The molecule has 20 heavy (non-hydrogen) atoms. The summed E-state index contributed by atoms with van der Waals surface area (Å²) in [6.07, 6.45) is 0.0943. The van der Waals surface area contributed by atoms with Gasteiger partial charge in [0.15, 0.2) is 0 Å². The lowest BCUT2D eigenvalue weighted by Gasteiger charge is -2.10. The van der Waals surface area contributed by atoms with Crippen molar-refractivity contribution in [1.29, 1.82) is 0 Å². The van der Waals surface area contributed by atoms with Gasteiger partial charge < -0.3 is 4.84 Å². The molecule has 0 spiro atoms. The lowest BCUT2D eigenvalue weighted by Crippen LogP contribution is -2.40. The first kappa shape index (κ1) is 15.3. The van der Waals surface area contributed by atoms with Gasteiger partial charge in [-0.15, -0.1) is 10.1 Å². The van der Waals surface area contributed by atoms with Crippen LogP contribution in [0.15, 0.2) is 9.59 Å². The predicted molar refractivity (Wildman–Crippen MR) is 64.9 cm³/mol. The maximum atomic E-state index is 11.8. The summed E-state index contributed by atoms with van der Waals surface area (Å²) in [6.45, 7) is 0.984. The summed E-state index contributed by atoms with van der Waals surface area (Å²) in [5.74, 6) is 0. The second-order valence-corrected chi connectivity index (χ2v) is 3.90. The Kier molecular flexibility index (Phi) is 4.56. The van der Waals surface area contributed by atoms with Crippen LogP contribution in [0, 0.1) is 27.2 Å². The molecule has 11 heteroatoms. The fraction of sp³-hybridized carbons (Fsp3) is 0.556. The van der Waals surface area contributed by atoms with E-state index in [2.05, 4.69) is 4.84 Å². The normalized spacial score (nSPS) is 10.3. The molecule has 0 aliphatic carbocycles. The van der Waals surface area contributed by atoms with Crippen molar-refractivity contribution in [2.45, 2.75) is 19.9 Å². The summed E-state index contributed by atoms with van der Waals surface area (Å²) in [4.78, 5) is 47.5. The summed E-state index contributed by atoms with van der Waals surface area (Å²) in [7, 11) is 1.13. The molecule has 0 bridgehead atoms. The Morgan fingerprint density at radius 1 is 1.25 bits per heavy atom. The van der Waals surface area contributed by atoms with Crippen molar-refractivity contribution >= 4 is 5.69 Å². The van der Waals surface area contributed by atoms with E-state index in [4.69, 9.17) is 0 Å². The number of rotatable bonds is 6. The minimum absolute atomic E-state index is 0.0343. The third kappa shape index (κ3) is 2.99. The van der Waals surface area contributed by atoms with E-state index in [1.165, 1.54) is 6.92 Å². The van der Waals surface area contributed by atoms with E-state index in [1.807, 2.05) is 0 Å². The van der Waals surface area contributed by atoms with E-state index in [0.717, 1.165) is 11.6 Å². The van der Waals surface area contributed by atoms with Gasteiger partial charge >= 0.3 is 16.9 Å². The molecule has 0 aliphatic rings. The molecule has 1 heterocycles. The van der Waals surface area contributed by atoms with Crippen molar-refractivity contribution in [3.8, 4) is 0 Å². The van der Waals surface area contributed by atoms with Crippen molar-refractivity contribution < 1.29 is 14.8 Å². The van der Waals surface area contributed by atoms with Gasteiger partial charge in [0.05, 0.1) is 11.5 Å². The molecule has 0 fully saturated rings. The van der Waals surface area contributed by atoms with Crippen LogP contribution in [0.3, 0.4) is 0 Å². The van der Waals surface area contributed by atoms with E-state index in [1.54, 1.807) is 0 Å². The Morgan fingerprint density at radius 3 is 2.35 bits per heavy atom. The second-order valence-electron chi connectivity index (χ2n) is 3.90. The van der Waals surface area contributed by atoms with Crippen molar-refractivity contribution in [2.75, 3.05) is 6.61 Å². The zero-order chi connectivity index (χ0) is 15.4. The van der Waals surface area contributed by atoms with Crippen LogP contribution in [0.2, 0.25) is 0 Å². The Morgan fingerprint density at radius 2 is 1.85 bits per heavy atom. The Bertz CT molecular complexity index is 659. The molecule has 1 rings (SSSR count). The first-order valence-corrected chi connectivity index (χ1v) is 5.49. The summed E-state index contributed by atoms with van der Waals surface area (Å²) >= 11 is 0. The van der Waals surface area contributed by atoms with E-state index in [0.29, 0.717) is 4.57 Å². The monoisotopic (exact) mass is 288 g/mol. The summed E-state index contributed by atoms with van der Waals surface area (Å²) < 4.78 is 1.64. The number of nitrogens with zero attached hydrogens (tertiary/aromatic N) is 4. The van der Waals surface area contributed by atoms with Gasteiger partial charge in [-0.25, -0.2) is 4.79 Å². The quantitative estimate of drug-likeness (QED) is 0.385. The maximum absolute atomic E-state index is 11.8. The minimum atomic E-state index is -0.990. The molecule has 0 atom stereocenters. The highest BCUT2D eigenvalue weighted by Gasteiger charge is 2.23. The maximum Gasteiger partial charge on any atom is 0.353 e. The van der Waals surface area contributed by atoms with E-state index in [9.17, 15) is 29.8 Å². The van der Waals surface area contributed by atoms with Crippen LogP contribution < -0.4 is 11.2 Å². The highest BCUT2D eigenvalue weighted by Crippen LogP contribution is 2.09. The van der Waals surface area contributed by atoms with Crippen molar-refractivity contribution in [1.82, 2.24) is 9.13 Å². The fourth-order valence-corrected chi connectivity index (χ4v) is 1.69. The second kappa shape index (κ2) is 5.95. The first-order valence-electron chi connectivity index (χ1n) is 5.49. The number of aromatic nitrogens is 2. The van der Waals surface area contributed by atoms with Crippen LogP contribution in [0.25, 0.3) is 0 Å². The molecule has 11 nitrogen and oxygen atoms in total. The van der Waals surface area contributed by atoms with Gasteiger partial charge in [0.25, 0.3) is 5.09 Å². The van der Waals surface area contributed by atoms with Crippen molar-refractivity contribution in [2.24, 2.45) is 7.05 Å². The topological polar surface area (TPSA) is 140 Å². The molecule has 0 saturated carbocycles. The smallest absolute Gasteiger partial charge is 0.314 e. The van der Waals surface area contributed by atoms with E-state index in [-0.39, 0.29) is 25.3 Å². The SMILES string of the molecule is Cc1c([N+](=O)[O-])c(=O)n(C)c(=O)n1CCCO[N+](=O)[O-]. The molecule has 0 radical (unpaired) electrons. The van der Waals surface area contributed by atoms with Gasteiger partial charge in [0.1, 0.15) is 5.69 Å². The molecule has 110 valence electrons. The first-order chi connectivity index (χ1) is 9.27. The minimum Gasteiger partial charge on any atom is -0.314 e. The Labute approximate surface area is 111 Å². The van der Waals surface area contributed by atoms with Gasteiger partial charge in [0.2, 0.25) is 0 Å². The third-order valence-corrected chi connectivity index (χ3v) is 2.68. The third-order valence-electron chi connectivity index (χ3n) is 2.68. The van der Waals surface area contributed by atoms with Crippen LogP contribution in [-0.2, 0) is 18.4 Å². The number of hydrogen-bond donors (Lipinski definition) is 0. The molecular weight excluding hydrogens is 276 g/mol.